The Labute approximate surface area is 119 Å². The van der Waals surface area contributed by atoms with Gasteiger partial charge in [-0.25, -0.2) is 0 Å². The van der Waals surface area contributed by atoms with Gasteiger partial charge in [0.15, 0.2) is 0 Å². The van der Waals surface area contributed by atoms with Gasteiger partial charge in [-0.2, -0.15) is 0 Å². The van der Waals surface area contributed by atoms with Gasteiger partial charge in [0.25, 0.3) is 5.91 Å². The van der Waals surface area contributed by atoms with Gasteiger partial charge in [0.05, 0.1) is 5.56 Å². The molecule has 1 aromatic heterocycles. The Balaban J connectivity index is 2.32. The molecule has 0 bridgehead atoms. The highest BCUT2D eigenvalue weighted by Crippen LogP contribution is 2.22. The normalized spacial score (nSPS) is 13.8. The molecule has 20 heavy (non-hydrogen) atoms. The van der Waals surface area contributed by atoms with E-state index in [4.69, 9.17) is 0 Å². The third-order valence-corrected chi connectivity index (χ3v) is 3.87. The van der Waals surface area contributed by atoms with Crippen LogP contribution in [-0.2, 0) is 17.8 Å². The van der Waals surface area contributed by atoms with Crippen molar-refractivity contribution in [2.24, 2.45) is 0 Å². The number of aromatic nitrogens is 1. The maximum Gasteiger partial charge on any atom is 0.255 e. The van der Waals surface area contributed by atoms with Crippen LogP contribution in [0.15, 0.2) is 12.4 Å². The van der Waals surface area contributed by atoms with E-state index < -0.39 is 0 Å². The summed E-state index contributed by atoms with van der Waals surface area (Å²) in [5.41, 5.74) is 2.73. The number of carbonyl (C=O) groups is 2. The number of pyridine rings is 1. The molecule has 0 radical (unpaired) electrons. The van der Waals surface area contributed by atoms with E-state index in [-0.39, 0.29) is 11.8 Å². The maximum absolute atomic E-state index is 12.5. The molecule has 1 aromatic rings. The lowest BCUT2D eigenvalue weighted by Gasteiger charge is -2.29. The molecule has 5 nitrogen and oxygen atoms in total. The first-order valence-electron chi connectivity index (χ1n) is 7.09. The maximum atomic E-state index is 12.5. The van der Waals surface area contributed by atoms with E-state index in [0.29, 0.717) is 31.7 Å². The van der Waals surface area contributed by atoms with Gasteiger partial charge >= 0.3 is 0 Å². The molecule has 0 N–H and O–H groups in total. The molecule has 1 aliphatic rings. The van der Waals surface area contributed by atoms with Gasteiger partial charge in [-0.05, 0) is 31.4 Å². The van der Waals surface area contributed by atoms with Gasteiger partial charge in [-0.15, -0.1) is 0 Å². The highest BCUT2D eigenvalue weighted by molar-refractivity contribution is 5.95. The van der Waals surface area contributed by atoms with Crippen molar-refractivity contribution in [1.29, 1.82) is 0 Å². The zero-order valence-corrected chi connectivity index (χ0v) is 12.3. The van der Waals surface area contributed by atoms with Crippen LogP contribution in [0.3, 0.4) is 0 Å². The first-order chi connectivity index (χ1) is 9.58. The lowest BCUT2D eigenvalue weighted by atomic mass is 9.96. The molecule has 0 saturated carbocycles. The second-order valence-corrected chi connectivity index (χ2v) is 4.99. The standard InChI is InChI=1S/C15H21N3O2/c1-4-17(5-2)15(20)14-9-16-8-12-10-18(11(3)19)7-6-13(12)14/h8-9H,4-7,10H2,1-3H3. The lowest BCUT2D eigenvalue weighted by Crippen LogP contribution is -2.37. The molecule has 108 valence electrons. The molecule has 0 unspecified atom stereocenters. The van der Waals surface area contributed by atoms with Crippen LogP contribution in [0.5, 0.6) is 0 Å². The molecule has 0 saturated heterocycles. The average molecular weight is 275 g/mol. The predicted molar refractivity (Wildman–Crippen MR) is 76.3 cm³/mol. The van der Waals surface area contributed by atoms with Crippen molar-refractivity contribution in [1.82, 2.24) is 14.8 Å². The molecule has 1 aliphatic heterocycles. The highest BCUT2D eigenvalue weighted by Gasteiger charge is 2.24. The smallest absolute Gasteiger partial charge is 0.255 e. The molecular weight excluding hydrogens is 254 g/mol. The number of carbonyl (C=O) groups excluding carboxylic acids is 2. The summed E-state index contributed by atoms with van der Waals surface area (Å²) in [5, 5.41) is 0. The first kappa shape index (κ1) is 14.5. The fourth-order valence-electron chi connectivity index (χ4n) is 2.63. The van der Waals surface area contributed by atoms with Gasteiger partial charge in [-0.3, -0.25) is 14.6 Å². The minimum absolute atomic E-state index is 0.0376. The van der Waals surface area contributed by atoms with Crippen LogP contribution in [0.4, 0.5) is 0 Å². The summed E-state index contributed by atoms with van der Waals surface area (Å²) in [6.45, 7) is 8.13. The van der Waals surface area contributed by atoms with E-state index in [0.717, 1.165) is 17.5 Å². The topological polar surface area (TPSA) is 53.5 Å². The third-order valence-electron chi connectivity index (χ3n) is 3.87. The highest BCUT2D eigenvalue weighted by atomic mass is 16.2. The molecule has 0 spiro atoms. The van der Waals surface area contributed by atoms with Crippen molar-refractivity contribution in [2.75, 3.05) is 19.6 Å². The molecular formula is C15H21N3O2. The van der Waals surface area contributed by atoms with E-state index in [1.54, 1.807) is 29.1 Å². The zero-order chi connectivity index (χ0) is 14.7. The van der Waals surface area contributed by atoms with Crippen LogP contribution in [-0.4, -0.2) is 46.2 Å². The molecule has 0 aliphatic carbocycles. The number of nitrogens with zero attached hydrogens (tertiary/aromatic N) is 3. The minimum atomic E-state index is 0.0376. The fraction of sp³-hybridized carbons (Fsp3) is 0.533. The summed E-state index contributed by atoms with van der Waals surface area (Å²) >= 11 is 0. The van der Waals surface area contributed by atoms with Crippen molar-refractivity contribution in [3.63, 3.8) is 0 Å². The van der Waals surface area contributed by atoms with Crippen molar-refractivity contribution in [3.05, 3.63) is 29.1 Å². The molecule has 0 atom stereocenters. The molecule has 5 heteroatoms. The van der Waals surface area contributed by atoms with Gasteiger partial charge in [0.1, 0.15) is 0 Å². The summed E-state index contributed by atoms with van der Waals surface area (Å²) in [6, 6.07) is 0. The van der Waals surface area contributed by atoms with E-state index in [1.165, 1.54) is 0 Å². The number of amides is 2. The predicted octanol–water partition coefficient (Wildman–Crippen LogP) is 1.47. The lowest BCUT2D eigenvalue weighted by molar-refractivity contribution is -0.129. The van der Waals surface area contributed by atoms with Crippen LogP contribution < -0.4 is 0 Å². The Morgan fingerprint density at radius 2 is 2.00 bits per heavy atom. The number of rotatable bonds is 3. The van der Waals surface area contributed by atoms with Gasteiger partial charge in [-0.1, -0.05) is 0 Å². The van der Waals surface area contributed by atoms with Crippen LogP contribution in [0.2, 0.25) is 0 Å². The third kappa shape index (κ3) is 2.66. The second kappa shape index (κ2) is 6.03. The van der Waals surface area contributed by atoms with Crippen molar-refractivity contribution in [2.45, 2.75) is 33.7 Å². The van der Waals surface area contributed by atoms with Crippen LogP contribution in [0, 0.1) is 0 Å². The molecule has 2 heterocycles. The quantitative estimate of drug-likeness (QED) is 0.839. The van der Waals surface area contributed by atoms with E-state index in [9.17, 15) is 9.59 Å². The summed E-state index contributed by atoms with van der Waals surface area (Å²) < 4.78 is 0. The fourth-order valence-corrected chi connectivity index (χ4v) is 2.63. The van der Waals surface area contributed by atoms with Crippen molar-refractivity contribution in [3.8, 4) is 0 Å². The number of hydrogen-bond acceptors (Lipinski definition) is 3. The Morgan fingerprint density at radius 3 is 2.60 bits per heavy atom. The van der Waals surface area contributed by atoms with E-state index in [2.05, 4.69) is 4.98 Å². The van der Waals surface area contributed by atoms with E-state index in [1.807, 2.05) is 13.8 Å². The summed E-state index contributed by atoms with van der Waals surface area (Å²) in [7, 11) is 0. The van der Waals surface area contributed by atoms with Crippen molar-refractivity contribution < 1.29 is 9.59 Å². The Hall–Kier alpha value is -1.91. The second-order valence-electron chi connectivity index (χ2n) is 4.99. The average Bonchev–Trinajstić information content (AvgIpc) is 2.47. The Kier molecular flexibility index (Phi) is 4.37. The van der Waals surface area contributed by atoms with Crippen LogP contribution in [0.1, 0.15) is 42.3 Å². The van der Waals surface area contributed by atoms with Gasteiger partial charge in [0.2, 0.25) is 5.91 Å². The monoisotopic (exact) mass is 275 g/mol. The molecule has 2 rings (SSSR count). The Morgan fingerprint density at radius 1 is 1.30 bits per heavy atom. The Bertz CT molecular complexity index is 524. The zero-order valence-electron chi connectivity index (χ0n) is 12.3. The van der Waals surface area contributed by atoms with Crippen molar-refractivity contribution >= 4 is 11.8 Å². The van der Waals surface area contributed by atoms with Gasteiger partial charge < -0.3 is 9.80 Å². The van der Waals surface area contributed by atoms with Crippen LogP contribution >= 0.6 is 0 Å². The van der Waals surface area contributed by atoms with E-state index >= 15 is 0 Å². The molecule has 0 aromatic carbocycles. The molecule has 0 fully saturated rings. The van der Waals surface area contributed by atoms with Gasteiger partial charge in [0, 0.05) is 45.5 Å². The summed E-state index contributed by atoms with van der Waals surface area (Å²) in [5.74, 6) is 0.103. The summed E-state index contributed by atoms with van der Waals surface area (Å²) in [4.78, 5) is 31.7. The largest absolute Gasteiger partial charge is 0.339 e. The SMILES string of the molecule is CCN(CC)C(=O)c1cncc2c1CCN(C(C)=O)C2. The number of fused-ring (bicyclic) bond motifs is 1. The molecule has 2 amide bonds. The van der Waals surface area contributed by atoms with Crippen LogP contribution in [0.25, 0.3) is 0 Å². The minimum Gasteiger partial charge on any atom is -0.339 e. The number of hydrogen-bond donors (Lipinski definition) is 0. The summed E-state index contributed by atoms with van der Waals surface area (Å²) in [6.07, 6.45) is 4.14. The first-order valence-corrected chi connectivity index (χ1v) is 7.09.